The summed E-state index contributed by atoms with van der Waals surface area (Å²) in [5.41, 5.74) is 0.769. The summed E-state index contributed by atoms with van der Waals surface area (Å²) >= 11 is 1.22. The van der Waals surface area contributed by atoms with Gasteiger partial charge in [-0.15, -0.1) is 0 Å². The van der Waals surface area contributed by atoms with Crippen molar-refractivity contribution in [3.63, 3.8) is 0 Å². The van der Waals surface area contributed by atoms with Crippen LogP contribution in [0.1, 0.15) is 22.1 Å². The van der Waals surface area contributed by atoms with E-state index in [0.29, 0.717) is 5.56 Å². The maximum absolute atomic E-state index is 12.4. The van der Waals surface area contributed by atoms with Crippen molar-refractivity contribution in [3.8, 4) is 0 Å². The minimum absolute atomic E-state index is 0.253. The zero-order chi connectivity index (χ0) is 15.5. The third-order valence-electron chi connectivity index (χ3n) is 3.25. The lowest BCUT2D eigenvalue weighted by Crippen LogP contribution is -2.33. The largest absolute Gasteiger partial charge is 0.479 e. The predicted octanol–water partition coefficient (Wildman–Crippen LogP) is 2.85. The summed E-state index contributed by atoms with van der Waals surface area (Å²) < 4.78 is 5.03. The van der Waals surface area contributed by atoms with Crippen molar-refractivity contribution in [2.75, 3.05) is 0 Å². The van der Waals surface area contributed by atoms with E-state index in [9.17, 15) is 14.7 Å². The molecule has 1 atom stereocenters. The summed E-state index contributed by atoms with van der Waals surface area (Å²) in [6, 6.07) is 14.8. The number of fused-ring (bicyclic) bond motifs is 1. The molecule has 0 aliphatic carbocycles. The van der Waals surface area contributed by atoms with E-state index in [4.69, 9.17) is 0 Å². The van der Waals surface area contributed by atoms with Gasteiger partial charge in [0.1, 0.15) is 5.69 Å². The molecule has 0 bridgehead atoms. The molecule has 1 heterocycles. The van der Waals surface area contributed by atoms with Gasteiger partial charge >= 0.3 is 5.97 Å². The van der Waals surface area contributed by atoms with Crippen LogP contribution in [0.4, 0.5) is 0 Å². The van der Waals surface area contributed by atoms with Gasteiger partial charge in [0.25, 0.3) is 5.91 Å². The molecule has 0 radical (unpaired) electrons. The lowest BCUT2D eigenvalue weighted by atomic mass is 10.1. The van der Waals surface area contributed by atoms with Crippen LogP contribution in [0.25, 0.3) is 10.1 Å². The van der Waals surface area contributed by atoms with Crippen LogP contribution < -0.4 is 5.32 Å². The van der Waals surface area contributed by atoms with E-state index in [0.717, 1.165) is 10.1 Å². The van der Waals surface area contributed by atoms with Gasteiger partial charge in [-0.1, -0.05) is 48.5 Å². The van der Waals surface area contributed by atoms with Gasteiger partial charge in [-0.25, -0.2) is 4.79 Å². The third-order valence-corrected chi connectivity index (χ3v) is 4.07. The fourth-order valence-electron chi connectivity index (χ4n) is 2.18. The number of benzene rings is 2. The highest BCUT2D eigenvalue weighted by Crippen LogP contribution is 2.23. The number of carbonyl (C=O) groups is 2. The van der Waals surface area contributed by atoms with Gasteiger partial charge in [-0.05, 0) is 23.2 Å². The van der Waals surface area contributed by atoms with Crippen molar-refractivity contribution in [2.45, 2.75) is 6.04 Å². The van der Waals surface area contributed by atoms with Gasteiger partial charge in [0.2, 0.25) is 0 Å². The fraction of sp³-hybridized carbons (Fsp3) is 0.0625. The Bertz CT molecular complexity index is 830. The monoisotopic (exact) mass is 312 g/mol. The maximum atomic E-state index is 12.4. The number of hydrogen-bond acceptors (Lipinski definition) is 4. The van der Waals surface area contributed by atoms with Crippen LogP contribution in [0.3, 0.4) is 0 Å². The van der Waals surface area contributed by atoms with E-state index in [1.165, 1.54) is 11.5 Å². The number of nitrogens with zero attached hydrogens (tertiary/aromatic N) is 1. The van der Waals surface area contributed by atoms with Crippen molar-refractivity contribution in [2.24, 2.45) is 0 Å². The lowest BCUT2D eigenvalue weighted by Gasteiger charge is -2.14. The molecule has 110 valence electrons. The second-order valence-electron chi connectivity index (χ2n) is 4.68. The van der Waals surface area contributed by atoms with E-state index < -0.39 is 17.9 Å². The van der Waals surface area contributed by atoms with Gasteiger partial charge < -0.3 is 10.4 Å². The molecule has 1 aromatic heterocycles. The lowest BCUT2D eigenvalue weighted by molar-refractivity contribution is -0.139. The molecule has 5 nitrogen and oxygen atoms in total. The smallest absolute Gasteiger partial charge is 0.330 e. The second kappa shape index (κ2) is 5.95. The molecule has 1 amide bonds. The number of carbonyl (C=O) groups excluding carboxylic acids is 1. The molecule has 2 aromatic carbocycles. The highest BCUT2D eigenvalue weighted by molar-refractivity contribution is 7.13. The predicted molar refractivity (Wildman–Crippen MR) is 83.9 cm³/mol. The Kier molecular flexibility index (Phi) is 3.84. The zero-order valence-corrected chi connectivity index (χ0v) is 12.2. The maximum Gasteiger partial charge on any atom is 0.330 e. The first-order chi connectivity index (χ1) is 10.7. The SMILES string of the molecule is O=C(NC(C(=O)O)c1ccccc1)c1nsc2ccccc12. The standard InChI is InChI=1S/C16H12N2O3S/c19-15(14-11-8-4-5-9-12(11)22-18-14)17-13(16(20)21)10-6-2-1-3-7-10/h1-9,13H,(H,17,19)(H,20,21). The van der Waals surface area contributed by atoms with Crippen molar-refractivity contribution >= 4 is 33.5 Å². The summed E-state index contributed by atoms with van der Waals surface area (Å²) in [5.74, 6) is -1.60. The van der Waals surface area contributed by atoms with Crippen molar-refractivity contribution in [3.05, 3.63) is 65.9 Å². The average molecular weight is 312 g/mol. The molecule has 0 saturated heterocycles. The van der Waals surface area contributed by atoms with Crippen LogP contribution >= 0.6 is 11.5 Å². The third kappa shape index (κ3) is 2.68. The number of carboxylic acids is 1. The molecule has 2 N–H and O–H groups in total. The number of rotatable bonds is 4. The first kappa shape index (κ1) is 14.2. The van der Waals surface area contributed by atoms with Gasteiger partial charge in [0.05, 0.1) is 4.70 Å². The first-order valence-electron chi connectivity index (χ1n) is 6.60. The van der Waals surface area contributed by atoms with Crippen molar-refractivity contribution in [1.29, 1.82) is 0 Å². The Morgan fingerprint density at radius 3 is 2.45 bits per heavy atom. The Hall–Kier alpha value is -2.73. The highest BCUT2D eigenvalue weighted by Gasteiger charge is 2.24. The summed E-state index contributed by atoms with van der Waals surface area (Å²) in [7, 11) is 0. The number of carboxylic acid groups (broad SMARTS) is 1. The molecule has 0 spiro atoms. The quantitative estimate of drug-likeness (QED) is 0.776. The van der Waals surface area contributed by atoms with Crippen LogP contribution in [0.5, 0.6) is 0 Å². The minimum atomic E-state index is -1.11. The molecule has 0 saturated carbocycles. The molecule has 6 heteroatoms. The summed E-state index contributed by atoms with van der Waals surface area (Å²) in [6.45, 7) is 0. The molecule has 0 aliphatic heterocycles. The van der Waals surface area contributed by atoms with Gasteiger partial charge in [-0.2, -0.15) is 4.37 Å². The molecular formula is C16H12N2O3S. The summed E-state index contributed by atoms with van der Waals surface area (Å²) in [6.07, 6.45) is 0. The Morgan fingerprint density at radius 2 is 1.73 bits per heavy atom. The van der Waals surface area contributed by atoms with Crippen LogP contribution in [-0.2, 0) is 4.79 Å². The summed E-state index contributed by atoms with van der Waals surface area (Å²) in [4.78, 5) is 23.8. The van der Waals surface area contributed by atoms with Crippen LogP contribution in [-0.4, -0.2) is 21.4 Å². The molecule has 22 heavy (non-hydrogen) atoms. The average Bonchev–Trinajstić information content (AvgIpc) is 2.97. The van der Waals surface area contributed by atoms with E-state index in [2.05, 4.69) is 9.69 Å². The van der Waals surface area contributed by atoms with E-state index in [-0.39, 0.29) is 5.69 Å². The second-order valence-corrected chi connectivity index (χ2v) is 5.49. The zero-order valence-electron chi connectivity index (χ0n) is 11.4. The number of hydrogen-bond donors (Lipinski definition) is 2. The first-order valence-corrected chi connectivity index (χ1v) is 7.37. The number of amides is 1. The van der Waals surface area contributed by atoms with Gasteiger partial charge in [0.15, 0.2) is 6.04 Å². The molecule has 1 unspecified atom stereocenters. The van der Waals surface area contributed by atoms with E-state index in [1.54, 1.807) is 36.4 Å². The van der Waals surface area contributed by atoms with Crippen LogP contribution in [0.15, 0.2) is 54.6 Å². The fourth-order valence-corrected chi connectivity index (χ4v) is 2.96. The number of aliphatic carboxylic acids is 1. The Labute approximate surface area is 130 Å². The van der Waals surface area contributed by atoms with E-state index >= 15 is 0 Å². The van der Waals surface area contributed by atoms with Crippen LogP contribution in [0, 0.1) is 0 Å². The number of nitrogens with one attached hydrogen (secondary N) is 1. The molecule has 0 fully saturated rings. The minimum Gasteiger partial charge on any atom is -0.479 e. The Morgan fingerprint density at radius 1 is 1.05 bits per heavy atom. The molecule has 3 rings (SSSR count). The molecule has 3 aromatic rings. The van der Waals surface area contributed by atoms with Gasteiger partial charge in [-0.3, -0.25) is 4.79 Å². The number of aromatic nitrogens is 1. The molecular weight excluding hydrogens is 300 g/mol. The molecule has 0 aliphatic rings. The topological polar surface area (TPSA) is 79.3 Å². The normalized spacial score (nSPS) is 12.0. The van der Waals surface area contributed by atoms with Crippen LogP contribution in [0.2, 0.25) is 0 Å². The Balaban J connectivity index is 1.90. The summed E-state index contributed by atoms with van der Waals surface area (Å²) in [5, 5.41) is 12.6. The van der Waals surface area contributed by atoms with E-state index in [1.807, 2.05) is 18.2 Å². The highest BCUT2D eigenvalue weighted by atomic mass is 32.1. The van der Waals surface area contributed by atoms with Gasteiger partial charge in [0, 0.05) is 5.39 Å². The van der Waals surface area contributed by atoms with Crippen molar-refractivity contribution < 1.29 is 14.7 Å². The van der Waals surface area contributed by atoms with Crippen molar-refractivity contribution in [1.82, 2.24) is 9.69 Å².